The Kier molecular flexibility index (Phi) is 4.82. The number of aromatic nitrogens is 1. The topological polar surface area (TPSA) is 43.3 Å². The second-order valence-corrected chi connectivity index (χ2v) is 4.78. The number of hydrogen-bond donors (Lipinski definition) is 1. The molecule has 0 saturated heterocycles. The van der Waals surface area contributed by atoms with Crippen molar-refractivity contribution in [1.82, 2.24) is 4.57 Å². The van der Waals surface area contributed by atoms with Crippen LogP contribution in [0.4, 0.5) is 5.69 Å². The molecule has 0 bridgehead atoms. The maximum atomic E-state index is 11.9. The Labute approximate surface area is 119 Å². The van der Waals surface area contributed by atoms with Gasteiger partial charge < -0.3 is 14.6 Å². The lowest BCUT2D eigenvalue weighted by molar-refractivity contribution is -0.116. The highest BCUT2D eigenvalue weighted by Gasteiger charge is 2.07. The van der Waals surface area contributed by atoms with E-state index in [2.05, 4.69) is 9.88 Å². The van der Waals surface area contributed by atoms with Gasteiger partial charge in [-0.2, -0.15) is 0 Å². The predicted octanol–water partition coefficient (Wildman–Crippen LogP) is 3.22. The van der Waals surface area contributed by atoms with E-state index in [1.165, 1.54) is 0 Å². The van der Waals surface area contributed by atoms with Gasteiger partial charge in [-0.1, -0.05) is 6.07 Å². The number of rotatable bonds is 6. The Morgan fingerprint density at radius 1 is 1.30 bits per heavy atom. The van der Waals surface area contributed by atoms with Gasteiger partial charge in [-0.3, -0.25) is 4.79 Å². The molecule has 0 saturated carbocycles. The number of benzene rings is 1. The second-order valence-electron chi connectivity index (χ2n) is 4.78. The van der Waals surface area contributed by atoms with Gasteiger partial charge in [0.05, 0.1) is 12.8 Å². The Morgan fingerprint density at radius 3 is 2.75 bits per heavy atom. The van der Waals surface area contributed by atoms with Crippen LogP contribution in [0.1, 0.15) is 18.4 Å². The van der Waals surface area contributed by atoms with Gasteiger partial charge in [0.25, 0.3) is 0 Å². The van der Waals surface area contributed by atoms with Crippen LogP contribution in [0.15, 0.2) is 42.7 Å². The van der Waals surface area contributed by atoms with E-state index in [1.54, 1.807) is 7.11 Å². The fraction of sp³-hybridized carbons (Fsp3) is 0.312. The van der Waals surface area contributed by atoms with E-state index < -0.39 is 0 Å². The molecule has 1 heterocycles. The van der Waals surface area contributed by atoms with Crippen LogP contribution in [0.5, 0.6) is 5.75 Å². The van der Waals surface area contributed by atoms with Crippen LogP contribution in [-0.4, -0.2) is 17.6 Å². The van der Waals surface area contributed by atoms with Gasteiger partial charge in [-0.15, -0.1) is 0 Å². The van der Waals surface area contributed by atoms with Gasteiger partial charge in [-0.25, -0.2) is 0 Å². The standard InChI is InChI=1S/C16H20N2O2/c1-13-7-8-15(20-2)14(12-13)17-16(19)6-5-11-18-9-3-4-10-18/h3-4,7-10,12H,5-6,11H2,1-2H3,(H,17,19). The Morgan fingerprint density at radius 2 is 2.05 bits per heavy atom. The lowest BCUT2D eigenvalue weighted by Crippen LogP contribution is -2.13. The SMILES string of the molecule is COc1ccc(C)cc1NC(=O)CCCn1cccc1. The van der Waals surface area contributed by atoms with Crippen LogP contribution >= 0.6 is 0 Å². The van der Waals surface area contributed by atoms with Crippen molar-refractivity contribution in [3.63, 3.8) is 0 Å². The molecule has 4 nitrogen and oxygen atoms in total. The van der Waals surface area contributed by atoms with Crippen LogP contribution in [0.3, 0.4) is 0 Å². The number of hydrogen-bond acceptors (Lipinski definition) is 2. The summed E-state index contributed by atoms with van der Waals surface area (Å²) in [6.45, 7) is 2.84. The van der Waals surface area contributed by atoms with Crippen molar-refractivity contribution in [2.75, 3.05) is 12.4 Å². The minimum absolute atomic E-state index is 0.0149. The first-order valence-electron chi connectivity index (χ1n) is 6.74. The summed E-state index contributed by atoms with van der Waals surface area (Å²) in [6.07, 6.45) is 5.31. The maximum Gasteiger partial charge on any atom is 0.224 e. The summed E-state index contributed by atoms with van der Waals surface area (Å²) in [5.41, 5.74) is 1.83. The van der Waals surface area contributed by atoms with Crippen LogP contribution in [0, 0.1) is 6.92 Å². The van der Waals surface area contributed by atoms with Crippen molar-refractivity contribution in [1.29, 1.82) is 0 Å². The molecule has 0 aliphatic rings. The summed E-state index contributed by atoms with van der Waals surface area (Å²) >= 11 is 0. The first kappa shape index (κ1) is 14.2. The zero-order chi connectivity index (χ0) is 14.4. The molecule has 1 aromatic heterocycles. The largest absolute Gasteiger partial charge is 0.495 e. The Bertz CT molecular complexity index is 562. The molecule has 4 heteroatoms. The molecule has 0 fully saturated rings. The molecule has 0 aliphatic heterocycles. The quantitative estimate of drug-likeness (QED) is 0.877. The zero-order valence-corrected chi connectivity index (χ0v) is 11.9. The van der Waals surface area contributed by atoms with Crippen LogP contribution in [-0.2, 0) is 11.3 Å². The molecule has 1 amide bonds. The number of anilines is 1. The molecule has 2 aromatic rings. The number of ether oxygens (including phenoxy) is 1. The van der Waals surface area contributed by atoms with Gasteiger partial charge in [0.2, 0.25) is 5.91 Å². The summed E-state index contributed by atoms with van der Waals surface area (Å²) in [4.78, 5) is 11.9. The van der Waals surface area contributed by atoms with Gasteiger partial charge in [0.1, 0.15) is 5.75 Å². The molecular weight excluding hydrogens is 252 g/mol. The smallest absolute Gasteiger partial charge is 0.224 e. The molecule has 20 heavy (non-hydrogen) atoms. The van der Waals surface area contributed by atoms with Crippen molar-refractivity contribution in [3.8, 4) is 5.75 Å². The zero-order valence-electron chi connectivity index (χ0n) is 11.9. The van der Waals surface area contributed by atoms with E-state index in [-0.39, 0.29) is 5.91 Å². The van der Waals surface area contributed by atoms with Gasteiger partial charge >= 0.3 is 0 Å². The number of carbonyl (C=O) groups is 1. The van der Waals surface area contributed by atoms with Gasteiger partial charge in [0.15, 0.2) is 0 Å². The molecule has 1 aromatic carbocycles. The number of amides is 1. The third kappa shape index (κ3) is 3.88. The number of methoxy groups -OCH3 is 1. The number of aryl methyl sites for hydroxylation is 2. The molecule has 2 rings (SSSR count). The summed E-state index contributed by atoms with van der Waals surface area (Å²) in [5, 5.41) is 2.91. The van der Waals surface area contributed by atoms with Crippen molar-refractivity contribution in [3.05, 3.63) is 48.3 Å². The summed E-state index contributed by atoms with van der Waals surface area (Å²) < 4.78 is 7.32. The highest BCUT2D eigenvalue weighted by molar-refractivity contribution is 5.92. The number of nitrogens with zero attached hydrogens (tertiary/aromatic N) is 1. The number of nitrogens with one attached hydrogen (secondary N) is 1. The predicted molar refractivity (Wildman–Crippen MR) is 80.0 cm³/mol. The Balaban J connectivity index is 1.86. The molecule has 106 valence electrons. The normalized spacial score (nSPS) is 10.3. The van der Waals surface area contributed by atoms with Gasteiger partial charge in [0, 0.05) is 25.4 Å². The fourth-order valence-corrected chi connectivity index (χ4v) is 2.07. The van der Waals surface area contributed by atoms with Gasteiger partial charge in [-0.05, 0) is 43.2 Å². The lowest BCUT2D eigenvalue weighted by Gasteiger charge is -2.11. The average molecular weight is 272 g/mol. The summed E-state index contributed by atoms with van der Waals surface area (Å²) in [5.74, 6) is 0.704. The molecular formula is C16H20N2O2. The average Bonchev–Trinajstić information content (AvgIpc) is 2.92. The van der Waals surface area contributed by atoms with Crippen LogP contribution in [0.25, 0.3) is 0 Å². The second kappa shape index (κ2) is 6.80. The van der Waals surface area contributed by atoms with E-state index in [0.717, 1.165) is 24.2 Å². The summed E-state index contributed by atoms with van der Waals surface area (Å²) in [7, 11) is 1.60. The highest BCUT2D eigenvalue weighted by Crippen LogP contribution is 2.25. The maximum absolute atomic E-state index is 11.9. The Hall–Kier alpha value is -2.23. The fourth-order valence-electron chi connectivity index (χ4n) is 2.07. The first-order chi connectivity index (χ1) is 9.69. The third-order valence-electron chi connectivity index (χ3n) is 3.12. The molecule has 0 unspecified atom stereocenters. The third-order valence-corrected chi connectivity index (χ3v) is 3.12. The van der Waals surface area contributed by atoms with Crippen molar-refractivity contribution >= 4 is 11.6 Å². The highest BCUT2D eigenvalue weighted by atomic mass is 16.5. The van der Waals surface area contributed by atoms with Crippen molar-refractivity contribution < 1.29 is 9.53 Å². The molecule has 0 atom stereocenters. The summed E-state index contributed by atoms with van der Waals surface area (Å²) in [6, 6.07) is 9.71. The van der Waals surface area contributed by atoms with Crippen LogP contribution < -0.4 is 10.1 Å². The van der Waals surface area contributed by atoms with E-state index >= 15 is 0 Å². The van der Waals surface area contributed by atoms with Crippen molar-refractivity contribution in [2.45, 2.75) is 26.3 Å². The van der Waals surface area contributed by atoms with E-state index in [4.69, 9.17) is 4.74 Å². The molecule has 0 aliphatic carbocycles. The minimum Gasteiger partial charge on any atom is -0.495 e. The molecule has 1 N–H and O–H groups in total. The van der Waals surface area contributed by atoms with Crippen LogP contribution in [0.2, 0.25) is 0 Å². The van der Waals surface area contributed by atoms with E-state index in [1.807, 2.05) is 49.6 Å². The van der Waals surface area contributed by atoms with E-state index in [0.29, 0.717) is 12.2 Å². The van der Waals surface area contributed by atoms with Crippen molar-refractivity contribution in [2.24, 2.45) is 0 Å². The number of carbonyl (C=O) groups excluding carboxylic acids is 1. The monoisotopic (exact) mass is 272 g/mol. The first-order valence-corrected chi connectivity index (χ1v) is 6.74. The van der Waals surface area contributed by atoms with E-state index in [9.17, 15) is 4.79 Å². The minimum atomic E-state index is 0.0149. The lowest BCUT2D eigenvalue weighted by atomic mass is 10.2. The molecule has 0 radical (unpaired) electrons. The molecule has 0 spiro atoms.